The van der Waals surface area contributed by atoms with Crippen molar-refractivity contribution in [2.45, 2.75) is 26.4 Å². The number of nitrogens with zero attached hydrogens (tertiary/aromatic N) is 1. The van der Waals surface area contributed by atoms with Gasteiger partial charge in [0.15, 0.2) is 0 Å². The monoisotopic (exact) mass is 257 g/mol. The molecule has 1 atom stereocenters. The first kappa shape index (κ1) is 13.6. The van der Waals surface area contributed by atoms with Gasteiger partial charge in [-0.3, -0.25) is 0 Å². The number of aromatic nitrogens is 1. The van der Waals surface area contributed by atoms with Crippen LogP contribution in [0.15, 0.2) is 36.5 Å². The van der Waals surface area contributed by atoms with Crippen LogP contribution in [0.25, 0.3) is 0 Å². The lowest BCUT2D eigenvalue weighted by atomic mass is 9.97. The molecule has 100 valence electrons. The van der Waals surface area contributed by atoms with Gasteiger partial charge in [0, 0.05) is 18.7 Å². The molecule has 3 nitrogen and oxygen atoms in total. The first-order valence-electron chi connectivity index (χ1n) is 6.34. The molecule has 2 rings (SSSR count). The zero-order valence-electron chi connectivity index (χ0n) is 11.6. The SMILES string of the molecule is COc1ccc(CC(O)c2ccc(C)cc2C)cn1. The Labute approximate surface area is 113 Å². The van der Waals surface area contributed by atoms with Gasteiger partial charge in [-0.05, 0) is 30.5 Å². The van der Waals surface area contributed by atoms with E-state index in [1.807, 2.05) is 31.2 Å². The minimum atomic E-state index is -0.504. The van der Waals surface area contributed by atoms with E-state index >= 15 is 0 Å². The van der Waals surface area contributed by atoms with E-state index in [4.69, 9.17) is 4.74 Å². The fourth-order valence-corrected chi connectivity index (χ4v) is 2.19. The number of hydrogen-bond donors (Lipinski definition) is 1. The number of pyridine rings is 1. The molecule has 0 radical (unpaired) electrons. The van der Waals surface area contributed by atoms with E-state index in [1.54, 1.807) is 13.3 Å². The van der Waals surface area contributed by atoms with E-state index in [0.717, 1.165) is 16.7 Å². The summed E-state index contributed by atoms with van der Waals surface area (Å²) in [5.74, 6) is 0.588. The lowest BCUT2D eigenvalue weighted by Crippen LogP contribution is -2.04. The standard InChI is InChI=1S/C16H19NO2/c1-11-4-6-14(12(2)8-11)15(18)9-13-5-7-16(19-3)17-10-13/h4-8,10,15,18H,9H2,1-3H3. The molecule has 0 aliphatic heterocycles. The van der Waals surface area contributed by atoms with Crippen LogP contribution >= 0.6 is 0 Å². The van der Waals surface area contributed by atoms with E-state index in [9.17, 15) is 5.11 Å². The van der Waals surface area contributed by atoms with Gasteiger partial charge < -0.3 is 9.84 Å². The third-order valence-corrected chi connectivity index (χ3v) is 3.22. The highest BCUT2D eigenvalue weighted by atomic mass is 16.5. The zero-order valence-corrected chi connectivity index (χ0v) is 11.6. The van der Waals surface area contributed by atoms with Crippen molar-refractivity contribution in [3.63, 3.8) is 0 Å². The molecule has 1 aromatic heterocycles. The van der Waals surface area contributed by atoms with Gasteiger partial charge in [0.25, 0.3) is 0 Å². The smallest absolute Gasteiger partial charge is 0.212 e. The first-order chi connectivity index (χ1) is 9.10. The van der Waals surface area contributed by atoms with Crippen LogP contribution in [0.4, 0.5) is 0 Å². The highest BCUT2D eigenvalue weighted by Crippen LogP contribution is 2.22. The molecule has 0 fully saturated rings. The molecule has 1 N–H and O–H groups in total. The Balaban J connectivity index is 2.13. The molecule has 19 heavy (non-hydrogen) atoms. The van der Waals surface area contributed by atoms with Crippen molar-refractivity contribution in [1.82, 2.24) is 4.98 Å². The number of aliphatic hydroxyl groups excluding tert-OH is 1. The van der Waals surface area contributed by atoms with Crippen LogP contribution in [0.3, 0.4) is 0 Å². The molecule has 0 amide bonds. The Hall–Kier alpha value is -1.87. The molecule has 0 saturated carbocycles. The van der Waals surface area contributed by atoms with E-state index in [1.165, 1.54) is 5.56 Å². The molecule has 1 unspecified atom stereocenters. The second-order valence-corrected chi connectivity index (χ2v) is 4.79. The second kappa shape index (κ2) is 5.85. The van der Waals surface area contributed by atoms with Crippen molar-refractivity contribution in [1.29, 1.82) is 0 Å². The van der Waals surface area contributed by atoms with Gasteiger partial charge in [-0.25, -0.2) is 4.98 Å². The molecule has 1 heterocycles. The van der Waals surface area contributed by atoms with Crippen LogP contribution in [0.2, 0.25) is 0 Å². The number of aliphatic hydroxyl groups is 1. The number of hydrogen-bond acceptors (Lipinski definition) is 3. The molecule has 0 bridgehead atoms. The van der Waals surface area contributed by atoms with Crippen LogP contribution in [-0.4, -0.2) is 17.2 Å². The normalized spacial score (nSPS) is 12.2. The van der Waals surface area contributed by atoms with Crippen molar-refractivity contribution in [3.8, 4) is 5.88 Å². The Bertz CT molecular complexity index is 549. The van der Waals surface area contributed by atoms with Gasteiger partial charge >= 0.3 is 0 Å². The second-order valence-electron chi connectivity index (χ2n) is 4.79. The molecule has 0 spiro atoms. The van der Waals surface area contributed by atoms with Crippen LogP contribution in [0, 0.1) is 13.8 Å². The van der Waals surface area contributed by atoms with E-state index in [0.29, 0.717) is 12.3 Å². The van der Waals surface area contributed by atoms with Gasteiger partial charge in [0.05, 0.1) is 13.2 Å². The summed E-state index contributed by atoms with van der Waals surface area (Å²) in [6.07, 6.45) is 1.79. The van der Waals surface area contributed by atoms with Crippen molar-refractivity contribution in [2.75, 3.05) is 7.11 Å². The Morgan fingerprint density at radius 3 is 2.58 bits per heavy atom. The summed E-state index contributed by atoms with van der Waals surface area (Å²) in [6, 6.07) is 9.84. The molecular weight excluding hydrogens is 238 g/mol. The minimum Gasteiger partial charge on any atom is -0.481 e. The van der Waals surface area contributed by atoms with E-state index < -0.39 is 6.10 Å². The average molecular weight is 257 g/mol. The Morgan fingerprint density at radius 2 is 2.00 bits per heavy atom. The molecule has 3 heteroatoms. The Morgan fingerprint density at radius 1 is 1.21 bits per heavy atom. The third-order valence-electron chi connectivity index (χ3n) is 3.22. The summed E-state index contributed by atoms with van der Waals surface area (Å²) in [5.41, 5.74) is 4.29. The first-order valence-corrected chi connectivity index (χ1v) is 6.34. The van der Waals surface area contributed by atoms with Crippen LogP contribution in [0.5, 0.6) is 5.88 Å². The highest BCUT2D eigenvalue weighted by Gasteiger charge is 2.11. The highest BCUT2D eigenvalue weighted by molar-refractivity contribution is 5.33. The summed E-state index contributed by atoms with van der Waals surface area (Å²) in [6.45, 7) is 4.08. The van der Waals surface area contributed by atoms with Gasteiger partial charge in [0.1, 0.15) is 0 Å². The predicted molar refractivity (Wildman–Crippen MR) is 75.4 cm³/mol. The third kappa shape index (κ3) is 3.32. The molecule has 0 aliphatic carbocycles. The van der Waals surface area contributed by atoms with Crippen molar-refractivity contribution in [3.05, 3.63) is 58.8 Å². The van der Waals surface area contributed by atoms with Crippen LogP contribution in [0.1, 0.15) is 28.4 Å². The van der Waals surface area contributed by atoms with Gasteiger partial charge in [-0.1, -0.05) is 29.8 Å². The maximum atomic E-state index is 10.3. The van der Waals surface area contributed by atoms with E-state index in [2.05, 4.69) is 18.0 Å². The fourth-order valence-electron chi connectivity index (χ4n) is 2.19. The zero-order chi connectivity index (χ0) is 13.8. The molecule has 0 saturated heterocycles. The van der Waals surface area contributed by atoms with Crippen molar-refractivity contribution < 1.29 is 9.84 Å². The topological polar surface area (TPSA) is 42.4 Å². The van der Waals surface area contributed by atoms with Crippen LogP contribution in [-0.2, 0) is 6.42 Å². The van der Waals surface area contributed by atoms with Crippen LogP contribution < -0.4 is 4.74 Å². The maximum absolute atomic E-state index is 10.3. The number of methoxy groups -OCH3 is 1. The number of ether oxygens (including phenoxy) is 1. The summed E-state index contributed by atoms with van der Waals surface area (Å²) in [7, 11) is 1.59. The Kier molecular flexibility index (Phi) is 4.17. The summed E-state index contributed by atoms with van der Waals surface area (Å²) in [4.78, 5) is 4.15. The van der Waals surface area contributed by atoms with Gasteiger partial charge in [-0.2, -0.15) is 0 Å². The minimum absolute atomic E-state index is 0.504. The molecular formula is C16H19NO2. The molecule has 2 aromatic rings. The lowest BCUT2D eigenvalue weighted by Gasteiger charge is -2.14. The number of benzene rings is 1. The summed E-state index contributed by atoms with van der Waals surface area (Å²) in [5, 5.41) is 10.3. The van der Waals surface area contributed by atoms with Gasteiger partial charge in [-0.15, -0.1) is 0 Å². The van der Waals surface area contributed by atoms with E-state index in [-0.39, 0.29) is 0 Å². The fraction of sp³-hybridized carbons (Fsp3) is 0.312. The van der Waals surface area contributed by atoms with Crippen molar-refractivity contribution in [2.24, 2.45) is 0 Å². The molecule has 1 aromatic carbocycles. The largest absolute Gasteiger partial charge is 0.481 e. The number of aryl methyl sites for hydroxylation is 2. The predicted octanol–water partition coefficient (Wildman–Crippen LogP) is 2.98. The average Bonchev–Trinajstić information content (AvgIpc) is 2.39. The van der Waals surface area contributed by atoms with Gasteiger partial charge in [0.2, 0.25) is 5.88 Å². The summed E-state index contributed by atoms with van der Waals surface area (Å²) < 4.78 is 5.02. The molecule has 0 aliphatic rings. The number of rotatable bonds is 4. The van der Waals surface area contributed by atoms with Crippen molar-refractivity contribution >= 4 is 0 Å². The summed E-state index contributed by atoms with van der Waals surface area (Å²) >= 11 is 0. The maximum Gasteiger partial charge on any atom is 0.212 e. The quantitative estimate of drug-likeness (QED) is 0.915. The lowest BCUT2D eigenvalue weighted by molar-refractivity contribution is 0.177.